The lowest BCUT2D eigenvalue weighted by atomic mass is 9.84. The van der Waals surface area contributed by atoms with E-state index < -0.39 is 0 Å². The van der Waals surface area contributed by atoms with Crippen molar-refractivity contribution >= 4 is 0 Å². The van der Waals surface area contributed by atoms with Crippen LogP contribution in [0.25, 0.3) is 0 Å². The summed E-state index contributed by atoms with van der Waals surface area (Å²) in [6.45, 7) is 8.90. The highest BCUT2D eigenvalue weighted by Gasteiger charge is 2.27. The predicted molar refractivity (Wildman–Crippen MR) is 67.5 cm³/mol. The fourth-order valence-corrected chi connectivity index (χ4v) is 2.32. The molecule has 0 saturated heterocycles. The highest BCUT2D eigenvalue weighted by Crippen LogP contribution is 2.30. The standard InChI is InChI=1S/C14H28O2/c1-5-11-8-6-7-9-12(11)16-10-13(15)14(2,3)4/h11-13,15H,5-10H2,1-4H3. The molecule has 2 nitrogen and oxygen atoms in total. The maximum Gasteiger partial charge on any atom is 0.0821 e. The first-order valence-electron chi connectivity index (χ1n) is 6.74. The molecule has 1 fully saturated rings. The third-order valence-corrected chi connectivity index (χ3v) is 3.83. The summed E-state index contributed by atoms with van der Waals surface area (Å²) in [5, 5.41) is 9.95. The van der Waals surface area contributed by atoms with Crippen LogP contribution in [0.3, 0.4) is 0 Å². The van der Waals surface area contributed by atoms with Crippen molar-refractivity contribution in [2.24, 2.45) is 11.3 Å². The van der Waals surface area contributed by atoms with Gasteiger partial charge in [0, 0.05) is 0 Å². The third kappa shape index (κ3) is 4.06. The molecule has 3 atom stereocenters. The molecular weight excluding hydrogens is 200 g/mol. The first-order valence-corrected chi connectivity index (χ1v) is 6.74. The van der Waals surface area contributed by atoms with Crippen LogP contribution in [0.2, 0.25) is 0 Å². The van der Waals surface area contributed by atoms with Gasteiger partial charge in [-0.05, 0) is 24.2 Å². The van der Waals surface area contributed by atoms with Crippen molar-refractivity contribution < 1.29 is 9.84 Å². The molecule has 2 heteroatoms. The quantitative estimate of drug-likeness (QED) is 0.799. The fraction of sp³-hybridized carbons (Fsp3) is 1.00. The van der Waals surface area contributed by atoms with Gasteiger partial charge in [-0.25, -0.2) is 0 Å². The van der Waals surface area contributed by atoms with E-state index in [1.165, 1.54) is 32.1 Å². The molecule has 0 amide bonds. The molecule has 1 aliphatic rings. The molecule has 1 rings (SSSR count). The van der Waals surface area contributed by atoms with Crippen molar-refractivity contribution in [1.82, 2.24) is 0 Å². The minimum Gasteiger partial charge on any atom is -0.390 e. The zero-order valence-corrected chi connectivity index (χ0v) is 11.3. The number of hydrogen-bond acceptors (Lipinski definition) is 2. The molecule has 0 heterocycles. The van der Waals surface area contributed by atoms with Crippen LogP contribution in [0.5, 0.6) is 0 Å². The van der Waals surface area contributed by atoms with Crippen LogP contribution < -0.4 is 0 Å². The molecule has 0 bridgehead atoms. The second-order valence-corrected chi connectivity index (χ2v) is 6.21. The Labute approximate surface area is 100 Å². The Morgan fingerprint density at radius 3 is 2.44 bits per heavy atom. The van der Waals surface area contributed by atoms with Crippen LogP contribution in [0, 0.1) is 11.3 Å². The summed E-state index contributed by atoms with van der Waals surface area (Å²) in [4.78, 5) is 0. The Bertz CT molecular complexity index is 195. The predicted octanol–water partition coefficient (Wildman–Crippen LogP) is 3.38. The van der Waals surface area contributed by atoms with Crippen LogP contribution in [0.15, 0.2) is 0 Å². The first-order chi connectivity index (χ1) is 7.45. The van der Waals surface area contributed by atoms with Crippen molar-refractivity contribution in [2.45, 2.75) is 72.0 Å². The van der Waals surface area contributed by atoms with E-state index in [9.17, 15) is 5.11 Å². The number of aliphatic hydroxyl groups excluding tert-OH is 1. The van der Waals surface area contributed by atoms with E-state index in [1.807, 2.05) is 0 Å². The molecule has 0 aromatic heterocycles. The molecule has 1 N–H and O–H groups in total. The molecule has 3 unspecified atom stereocenters. The van der Waals surface area contributed by atoms with Gasteiger partial charge in [-0.15, -0.1) is 0 Å². The van der Waals surface area contributed by atoms with Gasteiger partial charge in [0.2, 0.25) is 0 Å². The average Bonchev–Trinajstić information content (AvgIpc) is 2.24. The summed E-state index contributed by atoms with van der Waals surface area (Å²) in [6.07, 6.45) is 6.34. The topological polar surface area (TPSA) is 29.5 Å². The molecule has 1 aliphatic carbocycles. The number of hydrogen-bond donors (Lipinski definition) is 1. The SMILES string of the molecule is CCC1CCCCC1OCC(O)C(C)(C)C. The molecule has 0 spiro atoms. The van der Waals surface area contributed by atoms with Crippen molar-refractivity contribution in [2.75, 3.05) is 6.61 Å². The molecule has 0 aliphatic heterocycles. The maximum atomic E-state index is 9.95. The summed E-state index contributed by atoms with van der Waals surface area (Å²) < 4.78 is 5.92. The maximum absolute atomic E-state index is 9.95. The first kappa shape index (κ1) is 14.0. The van der Waals surface area contributed by atoms with Crippen LogP contribution in [0.1, 0.15) is 59.8 Å². The van der Waals surface area contributed by atoms with Gasteiger partial charge in [0.25, 0.3) is 0 Å². The number of ether oxygens (including phenoxy) is 1. The second kappa shape index (κ2) is 6.02. The molecule has 0 radical (unpaired) electrons. The van der Waals surface area contributed by atoms with Gasteiger partial charge in [0.15, 0.2) is 0 Å². The van der Waals surface area contributed by atoms with E-state index in [4.69, 9.17) is 4.74 Å². The van der Waals surface area contributed by atoms with Gasteiger partial charge < -0.3 is 9.84 Å². The largest absolute Gasteiger partial charge is 0.390 e. The van der Waals surface area contributed by atoms with Gasteiger partial charge in [-0.2, -0.15) is 0 Å². The van der Waals surface area contributed by atoms with Gasteiger partial charge in [0.1, 0.15) is 0 Å². The molecule has 16 heavy (non-hydrogen) atoms. The van der Waals surface area contributed by atoms with Crippen LogP contribution in [-0.2, 0) is 4.74 Å². The Kier molecular flexibility index (Phi) is 5.26. The van der Waals surface area contributed by atoms with Gasteiger partial charge >= 0.3 is 0 Å². The van der Waals surface area contributed by atoms with E-state index >= 15 is 0 Å². The van der Waals surface area contributed by atoms with Gasteiger partial charge in [0.05, 0.1) is 18.8 Å². The summed E-state index contributed by atoms with van der Waals surface area (Å²) in [5.41, 5.74) is -0.0730. The summed E-state index contributed by atoms with van der Waals surface area (Å²) >= 11 is 0. The van der Waals surface area contributed by atoms with Gasteiger partial charge in [-0.1, -0.05) is 47.0 Å². The normalized spacial score (nSPS) is 29.1. The van der Waals surface area contributed by atoms with Crippen molar-refractivity contribution in [1.29, 1.82) is 0 Å². The van der Waals surface area contributed by atoms with E-state index in [0.717, 1.165) is 0 Å². The lowest BCUT2D eigenvalue weighted by molar-refractivity contribution is -0.0776. The Morgan fingerprint density at radius 1 is 1.25 bits per heavy atom. The highest BCUT2D eigenvalue weighted by atomic mass is 16.5. The Balaban J connectivity index is 2.35. The van der Waals surface area contributed by atoms with E-state index in [1.54, 1.807) is 0 Å². The molecule has 96 valence electrons. The Hall–Kier alpha value is -0.0800. The zero-order valence-electron chi connectivity index (χ0n) is 11.3. The van der Waals surface area contributed by atoms with Gasteiger partial charge in [-0.3, -0.25) is 0 Å². The van der Waals surface area contributed by atoms with E-state index in [0.29, 0.717) is 18.6 Å². The summed E-state index contributed by atoms with van der Waals surface area (Å²) in [5.74, 6) is 0.709. The highest BCUT2D eigenvalue weighted by molar-refractivity contribution is 4.77. The minimum atomic E-state index is -0.355. The van der Waals surface area contributed by atoms with Crippen LogP contribution in [-0.4, -0.2) is 23.9 Å². The smallest absolute Gasteiger partial charge is 0.0821 e. The zero-order chi connectivity index (χ0) is 12.2. The van der Waals surface area contributed by atoms with Crippen LogP contribution >= 0.6 is 0 Å². The number of rotatable bonds is 4. The van der Waals surface area contributed by atoms with Crippen molar-refractivity contribution in [3.05, 3.63) is 0 Å². The molecule has 0 aromatic carbocycles. The fourth-order valence-electron chi connectivity index (χ4n) is 2.32. The van der Waals surface area contributed by atoms with Crippen molar-refractivity contribution in [3.63, 3.8) is 0 Å². The third-order valence-electron chi connectivity index (χ3n) is 3.83. The monoisotopic (exact) mass is 228 g/mol. The second-order valence-electron chi connectivity index (χ2n) is 6.21. The van der Waals surface area contributed by atoms with Crippen molar-refractivity contribution in [3.8, 4) is 0 Å². The van der Waals surface area contributed by atoms with E-state index in [2.05, 4.69) is 27.7 Å². The summed E-state index contributed by atoms with van der Waals surface area (Å²) in [6, 6.07) is 0. The average molecular weight is 228 g/mol. The summed E-state index contributed by atoms with van der Waals surface area (Å²) in [7, 11) is 0. The Morgan fingerprint density at radius 2 is 1.88 bits per heavy atom. The molecule has 0 aromatic rings. The molecule has 1 saturated carbocycles. The lowest BCUT2D eigenvalue weighted by Crippen LogP contribution is -2.35. The minimum absolute atomic E-state index is 0.0730. The van der Waals surface area contributed by atoms with Crippen LogP contribution in [0.4, 0.5) is 0 Å². The van der Waals surface area contributed by atoms with E-state index in [-0.39, 0.29) is 11.5 Å². The number of aliphatic hydroxyl groups is 1. The molecular formula is C14H28O2. The lowest BCUT2D eigenvalue weighted by Gasteiger charge is -2.33.